The molecule has 1 aromatic carbocycles. The lowest BCUT2D eigenvalue weighted by Gasteiger charge is -2.08. The van der Waals surface area contributed by atoms with Crippen molar-refractivity contribution in [1.29, 1.82) is 0 Å². The zero-order valence-electron chi connectivity index (χ0n) is 13.0. The second kappa shape index (κ2) is 6.29. The Balaban J connectivity index is 1.92. The van der Waals surface area contributed by atoms with Crippen LogP contribution in [0.4, 0.5) is 4.39 Å². The lowest BCUT2D eigenvalue weighted by molar-refractivity contribution is 0.275. The van der Waals surface area contributed by atoms with Crippen molar-refractivity contribution in [3.05, 3.63) is 64.1 Å². The molecule has 0 fully saturated rings. The van der Waals surface area contributed by atoms with Crippen LogP contribution < -0.4 is 0 Å². The summed E-state index contributed by atoms with van der Waals surface area (Å²) in [7, 11) is 0. The Labute approximate surface area is 132 Å². The molecule has 2 heterocycles. The first-order chi connectivity index (χ1) is 11.1. The van der Waals surface area contributed by atoms with E-state index in [1.54, 1.807) is 16.8 Å². The number of nitrogens with zero attached hydrogens (tertiary/aromatic N) is 4. The van der Waals surface area contributed by atoms with Crippen LogP contribution in [0.2, 0.25) is 0 Å². The molecule has 0 atom stereocenters. The molecule has 0 aliphatic carbocycles. The van der Waals surface area contributed by atoms with E-state index >= 15 is 0 Å². The van der Waals surface area contributed by atoms with Gasteiger partial charge in [0.05, 0.1) is 24.5 Å². The molecule has 3 aromatic rings. The molecule has 120 valence electrons. The number of aryl methyl sites for hydroxylation is 2. The molecule has 0 aliphatic rings. The van der Waals surface area contributed by atoms with E-state index in [9.17, 15) is 9.50 Å². The van der Waals surface area contributed by atoms with Crippen LogP contribution in [0, 0.1) is 19.7 Å². The van der Waals surface area contributed by atoms with Crippen molar-refractivity contribution in [2.45, 2.75) is 33.4 Å². The van der Waals surface area contributed by atoms with E-state index in [-0.39, 0.29) is 12.4 Å². The molecule has 6 nitrogen and oxygen atoms in total. The highest BCUT2D eigenvalue weighted by atomic mass is 19.1. The van der Waals surface area contributed by atoms with Crippen LogP contribution in [-0.4, -0.2) is 25.3 Å². The molecule has 0 bridgehead atoms. The summed E-state index contributed by atoms with van der Waals surface area (Å²) in [6, 6.07) is 6.25. The smallest absolute Gasteiger partial charge is 0.138 e. The fourth-order valence-corrected chi connectivity index (χ4v) is 2.48. The van der Waals surface area contributed by atoms with Gasteiger partial charge in [-0.3, -0.25) is 0 Å². The maximum absolute atomic E-state index is 13.0. The summed E-state index contributed by atoms with van der Waals surface area (Å²) in [6.07, 6.45) is 0.506. The van der Waals surface area contributed by atoms with Gasteiger partial charge in [-0.1, -0.05) is 22.5 Å². The summed E-state index contributed by atoms with van der Waals surface area (Å²) in [5.41, 5.74) is 3.97. The average Bonchev–Trinajstić information content (AvgIpc) is 3.07. The molecule has 0 radical (unpaired) electrons. The number of hydrogen-bond donors (Lipinski definition) is 1. The van der Waals surface area contributed by atoms with Crippen LogP contribution in [0.5, 0.6) is 0 Å². The monoisotopic (exact) mass is 316 g/mol. The maximum Gasteiger partial charge on any atom is 0.138 e. The molecule has 2 aromatic heterocycles. The normalized spacial score (nSPS) is 11.1. The Morgan fingerprint density at radius 2 is 1.96 bits per heavy atom. The van der Waals surface area contributed by atoms with Crippen LogP contribution in [0.15, 0.2) is 28.8 Å². The Bertz CT molecular complexity index is 789. The van der Waals surface area contributed by atoms with Crippen molar-refractivity contribution in [1.82, 2.24) is 20.2 Å². The van der Waals surface area contributed by atoms with Crippen molar-refractivity contribution in [2.24, 2.45) is 0 Å². The SMILES string of the molecule is Cc1noc(C)c1Cn1nnc(CO)c1Cc1ccc(F)cc1. The average molecular weight is 316 g/mol. The molecule has 7 heteroatoms. The largest absolute Gasteiger partial charge is 0.390 e. The minimum atomic E-state index is -0.279. The van der Waals surface area contributed by atoms with Crippen LogP contribution in [-0.2, 0) is 19.6 Å². The highest BCUT2D eigenvalue weighted by molar-refractivity contribution is 5.26. The van der Waals surface area contributed by atoms with Gasteiger partial charge >= 0.3 is 0 Å². The minimum Gasteiger partial charge on any atom is -0.390 e. The van der Waals surface area contributed by atoms with Crippen LogP contribution >= 0.6 is 0 Å². The third kappa shape index (κ3) is 3.14. The van der Waals surface area contributed by atoms with Gasteiger partial charge in [0.1, 0.15) is 17.3 Å². The molecule has 1 N–H and O–H groups in total. The molecular weight excluding hydrogens is 299 g/mol. The van der Waals surface area contributed by atoms with E-state index < -0.39 is 0 Å². The highest BCUT2D eigenvalue weighted by Crippen LogP contribution is 2.18. The first-order valence-electron chi connectivity index (χ1n) is 7.26. The van der Waals surface area contributed by atoms with Crippen molar-refractivity contribution >= 4 is 0 Å². The molecular formula is C16H17FN4O2. The quantitative estimate of drug-likeness (QED) is 0.780. The van der Waals surface area contributed by atoms with E-state index in [4.69, 9.17) is 4.52 Å². The molecule has 23 heavy (non-hydrogen) atoms. The summed E-state index contributed by atoms with van der Waals surface area (Å²) in [6.45, 7) is 3.98. The summed E-state index contributed by atoms with van der Waals surface area (Å²) >= 11 is 0. The van der Waals surface area contributed by atoms with Crippen molar-refractivity contribution < 1.29 is 14.0 Å². The topological polar surface area (TPSA) is 77.0 Å². The lowest BCUT2D eigenvalue weighted by atomic mass is 10.1. The Kier molecular flexibility index (Phi) is 4.20. The molecule has 0 spiro atoms. The second-order valence-corrected chi connectivity index (χ2v) is 5.40. The van der Waals surface area contributed by atoms with Gasteiger partial charge in [-0.25, -0.2) is 9.07 Å². The standard InChI is InChI=1S/C16H17FN4O2/c1-10-14(11(2)23-19-10)8-21-16(15(9-22)18-20-21)7-12-3-5-13(17)6-4-12/h3-6,22H,7-9H2,1-2H3. The van der Waals surface area contributed by atoms with E-state index in [1.807, 2.05) is 13.8 Å². The number of benzene rings is 1. The van der Waals surface area contributed by atoms with Gasteiger partial charge in [-0.2, -0.15) is 0 Å². The third-order valence-corrected chi connectivity index (χ3v) is 3.84. The van der Waals surface area contributed by atoms with Gasteiger partial charge in [0.25, 0.3) is 0 Å². The predicted molar refractivity (Wildman–Crippen MR) is 80.2 cm³/mol. The summed E-state index contributed by atoms with van der Waals surface area (Å²) in [4.78, 5) is 0. The van der Waals surface area contributed by atoms with Crippen molar-refractivity contribution in [2.75, 3.05) is 0 Å². The van der Waals surface area contributed by atoms with Crippen LogP contribution in [0.1, 0.15) is 34.0 Å². The number of aliphatic hydroxyl groups excluding tert-OH is 1. The first kappa shape index (κ1) is 15.4. The number of aliphatic hydroxyl groups is 1. The van der Waals surface area contributed by atoms with Crippen molar-refractivity contribution in [3.63, 3.8) is 0 Å². The molecule has 3 rings (SSSR count). The summed E-state index contributed by atoms with van der Waals surface area (Å²) in [5.74, 6) is 0.453. The van der Waals surface area contributed by atoms with Crippen LogP contribution in [0.25, 0.3) is 0 Å². The fourth-order valence-electron chi connectivity index (χ4n) is 2.48. The molecule has 0 saturated heterocycles. The molecule has 0 amide bonds. The summed E-state index contributed by atoms with van der Waals surface area (Å²) < 4.78 is 19.9. The lowest BCUT2D eigenvalue weighted by Crippen LogP contribution is -2.09. The Morgan fingerprint density at radius 1 is 1.22 bits per heavy atom. The highest BCUT2D eigenvalue weighted by Gasteiger charge is 2.17. The zero-order chi connectivity index (χ0) is 16.4. The first-order valence-corrected chi connectivity index (χ1v) is 7.26. The van der Waals surface area contributed by atoms with E-state index in [2.05, 4.69) is 15.5 Å². The number of rotatable bonds is 5. The minimum absolute atomic E-state index is 0.196. The Morgan fingerprint density at radius 3 is 2.57 bits per heavy atom. The predicted octanol–water partition coefficient (Wildman–Crippen LogP) is 2.15. The van der Waals surface area contributed by atoms with Gasteiger partial charge < -0.3 is 9.63 Å². The third-order valence-electron chi connectivity index (χ3n) is 3.84. The number of aromatic nitrogens is 4. The van der Waals surface area contributed by atoms with E-state index in [0.717, 1.165) is 28.3 Å². The van der Waals surface area contributed by atoms with Gasteiger partial charge in [0.15, 0.2) is 0 Å². The van der Waals surface area contributed by atoms with E-state index in [1.165, 1.54) is 12.1 Å². The summed E-state index contributed by atoms with van der Waals surface area (Å²) in [5, 5.41) is 21.6. The van der Waals surface area contributed by atoms with Gasteiger partial charge in [-0.15, -0.1) is 5.10 Å². The molecule has 0 aliphatic heterocycles. The van der Waals surface area contributed by atoms with Gasteiger partial charge in [0, 0.05) is 12.0 Å². The molecule has 0 unspecified atom stereocenters. The van der Waals surface area contributed by atoms with Crippen LogP contribution in [0.3, 0.4) is 0 Å². The van der Waals surface area contributed by atoms with Crippen molar-refractivity contribution in [3.8, 4) is 0 Å². The van der Waals surface area contributed by atoms with Gasteiger partial charge in [-0.05, 0) is 31.5 Å². The number of hydrogen-bond acceptors (Lipinski definition) is 5. The number of halogens is 1. The van der Waals surface area contributed by atoms with Gasteiger partial charge in [0.2, 0.25) is 0 Å². The molecule has 0 saturated carbocycles. The maximum atomic E-state index is 13.0. The fraction of sp³-hybridized carbons (Fsp3) is 0.312. The zero-order valence-corrected chi connectivity index (χ0v) is 13.0. The van der Waals surface area contributed by atoms with E-state index in [0.29, 0.717) is 18.7 Å². The second-order valence-electron chi connectivity index (χ2n) is 5.40. The Hall–Kier alpha value is -2.54.